The van der Waals surface area contributed by atoms with Crippen molar-refractivity contribution in [2.24, 2.45) is 0 Å². The first-order valence-corrected chi connectivity index (χ1v) is 17.2. The van der Waals surface area contributed by atoms with Gasteiger partial charge in [-0.25, -0.2) is 0 Å². The first-order valence-electron chi connectivity index (χ1n) is 15.7. The van der Waals surface area contributed by atoms with Crippen LogP contribution in [0.1, 0.15) is 129 Å². The highest BCUT2D eigenvalue weighted by Gasteiger charge is 2.21. The summed E-state index contributed by atoms with van der Waals surface area (Å²) in [6, 6.07) is 0. The van der Waals surface area contributed by atoms with Crippen molar-refractivity contribution in [1.29, 1.82) is 0 Å². The molecule has 0 aromatic carbocycles. The van der Waals surface area contributed by atoms with Crippen LogP contribution in [0.4, 0.5) is 0 Å². The van der Waals surface area contributed by atoms with Crippen molar-refractivity contribution in [1.82, 2.24) is 0 Å². The van der Waals surface area contributed by atoms with E-state index in [1.165, 1.54) is 83.5 Å². The number of carbonyl (C=O) groups excluding carboxylic acids is 2. The molecule has 0 aliphatic carbocycles. The first kappa shape index (κ1) is 39.0. The monoisotopic (exact) mass is 593 g/mol. The summed E-state index contributed by atoms with van der Waals surface area (Å²) < 4.78 is 32.8. The molecule has 0 aromatic heterocycles. The van der Waals surface area contributed by atoms with Crippen molar-refractivity contribution in [3.05, 3.63) is 0 Å². The Kier molecular flexibility index (Phi) is 24.0. The average molecular weight is 594 g/mol. The largest absolute Gasteiger partial charge is 0.756 e. The lowest BCUT2D eigenvalue weighted by molar-refractivity contribution is -0.870. The Morgan fingerprint density at radius 1 is 0.700 bits per heavy atom. The van der Waals surface area contributed by atoms with Gasteiger partial charge in [0.2, 0.25) is 0 Å². The topological polar surface area (TPSA) is 111 Å². The predicted octanol–water partition coefficient (Wildman–Crippen LogP) is 6.71. The third-order valence-corrected chi connectivity index (χ3v) is 7.65. The molecule has 0 bridgehead atoms. The minimum atomic E-state index is -4.58. The molecule has 0 saturated heterocycles. The van der Waals surface area contributed by atoms with Crippen LogP contribution in [0.15, 0.2) is 0 Å². The molecule has 40 heavy (non-hydrogen) atoms. The van der Waals surface area contributed by atoms with Crippen molar-refractivity contribution in [3.63, 3.8) is 0 Å². The first-order chi connectivity index (χ1) is 19.0. The molecule has 0 aliphatic heterocycles. The van der Waals surface area contributed by atoms with Gasteiger partial charge in [0, 0.05) is 12.8 Å². The predicted molar refractivity (Wildman–Crippen MR) is 158 cm³/mol. The number of nitrogens with zero attached hydrogens (tertiary/aromatic N) is 1. The standard InChI is InChI=1S/C30H60NO8P/c1-6-8-9-10-11-12-13-14-15-16-17-18-19-20-21-22-23-30(33)39-28(26-36-29(32)7-2)27-38-40(34,35)37-25-24-31(3,4)5/h28H,6-27H2,1-5H3. The van der Waals surface area contributed by atoms with Gasteiger partial charge in [-0.15, -0.1) is 0 Å². The van der Waals surface area contributed by atoms with E-state index < -0.39 is 32.5 Å². The van der Waals surface area contributed by atoms with E-state index in [1.807, 2.05) is 21.1 Å². The number of phosphoric ester groups is 1. The van der Waals surface area contributed by atoms with Gasteiger partial charge in [0.1, 0.15) is 19.8 Å². The Morgan fingerprint density at radius 3 is 1.62 bits per heavy atom. The summed E-state index contributed by atoms with van der Waals surface area (Å²) in [7, 11) is 1.16. The fourth-order valence-corrected chi connectivity index (χ4v) is 4.83. The Hall–Kier alpha value is -0.990. The summed E-state index contributed by atoms with van der Waals surface area (Å²) in [5, 5.41) is 0. The van der Waals surface area contributed by atoms with E-state index in [-0.39, 0.29) is 26.1 Å². The third kappa shape index (κ3) is 27.2. The van der Waals surface area contributed by atoms with E-state index in [4.69, 9.17) is 18.5 Å². The number of rotatable bonds is 28. The Bertz CT molecular complexity index is 683. The van der Waals surface area contributed by atoms with E-state index >= 15 is 0 Å². The highest BCUT2D eigenvalue weighted by molar-refractivity contribution is 7.45. The SMILES string of the molecule is CCCCCCCCCCCCCCCCCCC(=O)OC(COC(=O)CC)COP(=O)([O-])OCC[N+](C)(C)C. The highest BCUT2D eigenvalue weighted by Crippen LogP contribution is 2.38. The van der Waals surface area contributed by atoms with Crippen LogP contribution in [-0.2, 0) is 32.7 Å². The van der Waals surface area contributed by atoms with Crippen LogP contribution >= 0.6 is 7.82 Å². The molecule has 2 atom stereocenters. The summed E-state index contributed by atoms with van der Waals surface area (Å²) in [5.41, 5.74) is 0. The Labute approximate surface area is 244 Å². The summed E-state index contributed by atoms with van der Waals surface area (Å²) in [5.74, 6) is -0.929. The van der Waals surface area contributed by atoms with Gasteiger partial charge in [-0.3, -0.25) is 14.2 Å². The number of hydrogen-bond donors (Lipinski definition) is 0. The molecule has 238 valence electrons. The molecule has 0 fully saturated rings. The molecule has 0 amide bonds. The molecule has 0 heterocycles. The number of ether oxygens (including phenoxy) is 2. The van der Waals surface area contributed by atoms with Gasteiger partial charge in [-0.1, -0.05) is 110 Å². The van der Waals surface area contributed by atoms with Crippen LogP contribution in [0.5, 0.6) is 0 Å². The van der Waals surface area contributed by atoms with Crippen LogP contribution in [0, 0.1) is 0 Å². The lowest BCUT2D eigenvalue weighted by atomic mass is 10.0. The summed E-state index contributed by atoms with van der Waals surface area (Å²) >= 11 is 0. The van der Waals surface area contributed by atoms with Crippen molar-refractivity contribution in [3.8, 4) is 0 Å². The van der Waals surface area contributed by atoms with E-state index in [0.29, 0.717) is 17.4 Å². The normalized spacial score (nSPS) is 14.1. The Morgan fingerprint density at radius 2 is 1.18 bits per heavy atom. The molecular formula is C30H60NO8P. The minimum Gasteiger partial charge on any atom is -0.756 e. The maximum absolute atomic E-state index is 12.3. The number of carbonyl (C=O) groups is 2. The number of phosphoric acid groups is 1. The van der Waals surface area contributed by atoms with Crippen LogP contribution in [-0.4, -0.2) is 70.0 Å². The van der Waals surface area contributed by atoms with E-state index in [1.54, 1.807) is 6.92 Å². The Balaban J connectivity index is 4.04. The number of quaternary nitrogens is 1. The maximum atomic E-state index is 12.3. The van der Waals surface area contributed by atoms with Crippen LogP contribution in [0.3, 0.4) is 0 Å². The lowest BCUT2D eigenvalue weighted by Crippen LogP contribution is -2.37. The molecular weight excluding hydrogens is 533 g/mol. The highest BCUT2D eigenvalue weighted by atomic mass is 31.2. The molecule has 2 unspecified atom stereocenters. The van der Waals surface area contributed by atoms with Gasteiger partial charge in [0.25, 0.3) is 7.82 Å². The molecule has 0 aromatic rings. The zero-order chi connectivity index (χ0) is 30.1. The van der Waals surface area contributed by atoms with Crippen LogP contribution in [0.25, 0.3) is 0 Å². The van der Waals surface area contributed by atoms with E-state index in [0.717, 1.165) is 12.8 Å². The number of unbranched alkanes of at least 4 members (excludes halogenated alkanes) is 15. The fraction of sp³-hybridized carbons (Fsp3) is 0.933. The maximum Gasteiger partial charge on any atom is 0.306 e. The summed E-state index contributed by atoms with van der Waals surface area (Å²) in [4.78, 5) is 35.9. The molecule has 9 nitrogen and oxygen atoms in total. The zero-order valence-corrected chi connectivity index (χ0v) is 27.2. The molecule has 0 rings (SSSR count). The third-order valence-electron chi connectivity index (χ3n) is 6.68. The zero-order valence-electron chi connectivity index (χ0n) is 26.3. The van der Waals surface area contributed by atoms with Gasteiger partial charge < -0.3 is 27.9 Å². The smallest absolute Gasteiger partial charge is 0.306 e. The number of hydrogen-bond acceptors (Lipinski definition) is 8. The van der Waals surface area contributed by atoms with Crippen LogP contribution in [0.2, 0.25) is 0 Å². The molecule has 0 aliphatic rings. The fourth-order valence-electron chi connectivity index (χ4n) is 4.10. The second-order valence-corrected chi connectivity index (χ2v) is 13.2. The van der Waals surface area contributed by atoms with Crippen molar-refractivity contribution in [2.45, 2.75) is 136 Å². The summed E-state index contributed by atoms with van der Waals surface area (Å²) in [6.45, 7) is 3.61. The van der Waals surface area contributed by atoms with E-state index in [2.05, 4.69) is 6.92 Å². The van der Waals surface area contributed by atoms with Crippen molar-refractivity contribution < 1.29 is 42.1 Å². The molecule has 0 saturated carbocycles. The van der Waals surface area contributed by atoms with Crippen molar-refractivity contribution >= 4 is 19.8 Å². The number of likely N-dealkylation sites (N-methyl/N-ethyl adjacent to an activating group) is 1. The van der Waals surface area contributed by atoms with Gasteiger partial charge in [-0.2, -0.15) is 0 Å². The quantitative estimate of drug-likeness (QED) is 0.0426. The second-order valence-electron chi connectivity index (χ2n) is 11.8. The second kappa shape index (κ2) is 24.6. The van der Waals surface area contributed by atoms with Crippen molar-refractivity contribution in [2.75, 3.05) is 47.5 Å². The van der Waals surface area contributed by atoms with Crippen LogP contribution < -0.4 is 4.89 Å². The molecule has 0 radical (unpaired) electrons. The van der Waals surface area contributed by atoms with Gasteiger partial charge in [-0.05, 0) is 6.42 Å². The van der Waals surface area contributed by atoms with E-state index in [9.17, 15) is 19.0 Å². The molecule has 10 heteroatoms. The number of esters is 2. The lowest BCUT2D eigenvalue weighted by Gasteiger charge is -2.28. The van der Waals surface area contributed by atoms with Gasteiger partial charge in [0.05, 0.1) is 27.7 Å². The average Bonchev–Trinajstić information content (AvgIpc) is 2.88. The van der Waals surface area contributed by atoms with Gasteiger partial charge >= 0.3 is 11.9 Å². The van der Waals surface area contributed by atoms with Gasteiger partial charge in [0.15, 0.2) is 6.10 Å². The molecule has 0 spiro atoms. The summed E-state index contributed by atoms with van der Waals surface area (Å²) in [6.07, 6.45) is 19.4. The molecule has 0 N–H and O–H groups in total. The minimum absolute atomic E-state index is 0.0290.